The van der Waals surface area contributed by atoms with Crippen molar-refractivity contribution in [3.63, 3.8) is 0 Å². The van der Waals surface area contributed by atoms with E-state index in [4.69, 9.17) is 0 Å². The molecule has 158 valence electrons. The van der Waals surface area contributed by atoms with Crippen LogP contribution in [0.5, 0.6) is 0 Å². The van der Waals surface area contributed by atoms with E-state index in [2.05, 4.69) is 20.5 Å². The van der Waals surface area contributed by atoms with Gasteiger partial charge in [-0.15, -0.1) is 10.2 Å². The first-order chi connectivity index (χ1) is 15.0. The van der Waals surface area contributed by atoms with Crippen LogP contribution in [0.3, 0.4) is 0 Å². The van der Waals surface area contributed by atoms with Crippen molar-refractivity contribution in [3.8, 4) is 0 Å². The smallest absolute Gasteiger partial charge is 0.282 e. The predicted molar refractivity (Wildman–Crippen MR) is 116 cm³/mol. The maximum Gasteiger partial charge on any atom is 0.282 e. The maximum absolute atomic E-state index is 12.8. The molecule has 0 unspecified atom stereocenters. The average molecular weight is 419 g/mol. The summed E-state index contributed by atoms with van der Waals surface area (Å²) >= 11 is 0. The second-order valence-electron chi connectivity index (χ2n) is 7.18. The van der Waals surface area contributed by atoms with E-state index in [1.165, 1.54) is 12.1 Å². The summed E-state index contributed by atoms with van der Waals surface area (Å²) in [5.74, 6) is 1.66. The van der Waals surface area contributed by atoms with Gasteiger partial charge in [0.1, 0.15) is 11.4 Å². The zero-order valence-corrected chi connectivity index (χ0v) is 16.9. The minimum Gasteiger partial charge on any atom is -0.352 e. The number of nitrogens with one attached hydrogen (secondary N) is 1. The van der Waals surface area contributed by atoms with Crippen LogP contribution in [0.2, 0.25) is 0 Å². The number of aryl methyl sites for hydroxylation is 1. The number of anilines is 3. The minimum absolute atomic E-state index is 0.112. The van der Waals surface area contributed by atoms with Gasteiger partial charge in [-0.2, -0.15) is 0 Å². The normalized spacial score (nSPS) is 13.7. The number of piperazine rings is 1. The summed E-state index contributed by atoms with van der Waals surface area (Å²) < 4.78 is 0. The Morgan fingerprint density at radius 1 is 1.00 bits per heavy atom. The highest BCUT2D eigenvalue weighted by Crippen LogP contribution is 2.22. The molecule has 31 heavy (non-hydrogen) atoms. The average Bonchev–Trinajstić information content (AvgIpc) is 2.81. The van der Waals surface area contributed by atoms with Crippen molar-refractivity contribution in [1.29, 1.82) is 0 Å². The number of carbonyl (C=O) groups is 1. The fraction of sp³-hybridized carbons (Fsp3) is 0.238. The number of nitro groups is 1. The molecule has 3 aromatic rings. The Labute approximate surface area is 178 Å². The number of nitro benzene ring substituents is 1. The molecule has 2 aromatic heterocycles. The molecule has 3 heterocycles. The van der Waals surface area contributed by atoms with E-state index in [0.717, 1.165) is 5.56 Å². The lowest BCUT2D eigenvalue weighted by molar-refractivity contribution is -0.385. The van der Waals surface area contributed by atoms with Crippen LogP contribution < -0.4 is 10.2 Å². The Hall–Kier alpha value is -4.08. The monoisotopic (exact) mass is 419 g/mol. The molecule has 1 N–H and O–H groups in total. The Morgan fingerprint density at radius 3 is 2.39 bits per heavy atom. The van der Waals surface area contributed by atoms with E-state index in [0.29, 0.717) is 43.6 Å². The van der Waals surface area contributed by atoms with Gasteiger partial charge in [0.15, 0.2) is 11.6 Å². The molecule has 0 aliphatic carbocycles. The molecule has 0 atom stereocenters. The fourth-order valence-corrected chi connectivity index (χ4v) is 3.36. The van der Waals surface area contributed by atoms with E-state index >= 15 is 0 Å². The highest BCUT2D eigenvalue weighted by atomic mass is 16.6. The molecule has 1 aromatic carbocycles. The molecule has 10 nitrogen and oxygen atoms in total. The molecular weight excluding hydrogens is 398 g/mol. The van der Waals surface area contributed by atoms with Gasteiger partial charge in [0.05, 0.1) is 4.92 Å². The second-order valence-corrected chi connectivity index (χ2v) is 7.18. The van der Waals surface area contributed by atoms with E-state index in [1.807, 2.05) is 36.1 Å². The van der Waals surface area contributed by atoms with Crippen molar-refractivity contribution in [3.05, 3.63) is 76.0 Å². The highest BCUT2D eigenvalue weighted by molar-refractivity contribution is 5.98. The van der Waals surface area contributed by atoms with Gasteiger partial charge in [-0.1, -0.05) is 18.2 Å². The van der Waals surface area contributed by atoms with Crippen LogP contribution in [-0.2, 0) is 0 Å². The van der Waals surface area contributed by atoms with Gasteiger partial charge in [0.25, 0.3) is 11.6 Å². The molecule has 0 saturated carbocycles. The first kappa shape index (κ1) is 20.2. The summed E-state index contributed by atoms with van der Waals surface area (Å²) in [6.45, 7) is 3.99. The number of para-hydroxylation sites is 1. The first-order valence-corrected chi connectivity index (χ1v) is 9.82. The quantitative estimate of drug-likeness (QED) is 0.496. The van der Waals surface area contributed by atoms with Gasteiger partial charge in [-0.05, 0) is 36.8 Å². The summed E-state index contributed by atoms with van der Waals surface area (Å²) in [5, 5.41) is 22.8. The summed E-state index contributed by atoms with van der Waals surface area (Å²) in [4.78, 5) is 31.4. The van der Waals surface area contributed by atoms with E-state index in [-0.39, 0.29) is 17.2 Å². The number of pyridine rings is 1. The van der Waals surface area contributed by atoms with Gasteiger partial charge in [0.2, 0.25) is 0 Å². The Kier molecular flexibility index (Phi) is 5.69. The predicted octanol–water partition coefficient (Wildman–Crippen LogP) is 2.79. The number of hydrogen-bond acceptors (Lipinski definition) is 8. The highest BCUT2D eigenvalue weighted by Gasteiger charge is 2.27. The number of aromatic nitrogens is 3. The molecule has 10 heteroatoms. The third kappa shape index (κ3) is 4.58. The van der Waals surface area contributed by atoms with Gasteiger partial charge in [0, 0.05) is 38.4 Å². The topological polar surface area (TPSA) is 117 Å². The zero-order valence-electron chi connectivity index (χ0n) is 16.9. The molecule has 1 fully saturated rings. The van der Waals surface area contributed by atoms with Crippen LogP contribution in [0, 0.1) is 17.0 Å². The van der Waals surface area contributed by atoms with Crippen molar-refractivity contribution in [1.82, 2.24) is 20.1 Å². The van der Waals surface area contributed by atoms with Crippen LogP contribution in [0.4, 0.5) is 23.1 Å². The second kappa shape index (κ2) is 8.74. The third-order valence-corrected chi connectivity index (χ3v) is 5.04. The molecule has 1 saturated heterocycles. The van der Waals surface area contributed by atoms with Crippen molar-refractivity contribution in [2.24, 2.45) is 0 Å². The largest absolute Gasteiger partial charge is 0.352 e. The van der Waals surface area contributed by atoms with Crippen molar-refractivity contribution >= 4 is 29.0 Å². The maximum atomic E-state index is 12.8. The third-order valence-electron chi connectivity index (χ3n) is 5.04. The SMILES string of the molecule is Cc1ccc(Nc2ccc(N3CCN(C(=O)c4ccccc4[N+](=O)[O-])CC3)nn2)nc1. The molecule has 0 bridgehead atoms. The van der Waals surface area contributed by atoms with E-state index in [1.54, 1.807) is 23.2 Å². The van der Waals surface area contributed by atoms with Crippen LogP contribution in [0.25, 0.3) is 0 Å². The molecular formula is C21H21N7O3. The number of carbonyl (C=O) groups excluding carboxylic acids is 1. The van der Waals surface area contributed by atoms with Gasteiger partial charge >= 0.3 is 0 Å². The number of amides is 1. The Morgan fingerprint density at radius 2 is 1.74 bits per heavy atom. The first-order valence-electron chi connectivity index (χ1n) is 9.82. The molecule has 1 aliphatic heterocycles. The van der Waals surface area contributed by atoms with Crippen LogP contribution >= 0.6 is 0 Å². The van der Waals surface area contributed by atoms with Crippen LogP contribution in [-0.4, -0.2) is 57.1 Å². The molecule has 1 amide bonds. The van der Waals surface area contributed by atoms with Crippen molar-refractivity contribution in [2.45, 2.75) is 6.92 Å². The van der Waals surface area contributed by atoms with Crippen molar-refractivity contribution in [2.75, 3.05) is 36.4 Å². The van der Waals surface area contributed by atoms with Crippen molar-refractivity contribution < 1.29 is 9.72 Å². The lowest BCUT2D eigenvalue weighted by atomic mass is 10.1. The lowest BCUT2D eigenvalue weighted by Crippen LogP contribution is -2.49. The number of nitrogens with zero attached hydrogens (tertiary/aromatic N) is 6. The number of benzene rings is 1. The summed E-state index contributed by atoms with van der Waals surface area (Å²) in [7, 11) is 0. The molecule has 0 spiro atoms. The molecule has 4 rings (SSSR count). The number of hydrogen-bond donors (Lipinski definition) is 1. The molecule has 0 radical (unpaired) electrons. The summed E-state index contributed by atoms with van der Waals surface area (Å²) in [6, 6.07) is 13.6. The summed E-state index contributed by atoms with van der Waals surface area (Å²) in [5.41, 5.74) is 1.01. The summed E-state index contributed by atoms with van der Waals surface area (Å²) in [6.07, 6.45) is 1.77. The van der Waals surface area contributed by atoms with Crippen LogP contribution in [0.15, 0.2) is 54.7 Å². The van der Waals surface area contributed by atoms with Gasteiger partial charge < -0.3 is 15.1 Å². The van der Waals surface area contributed by atoms with E-state index in [9.17, 15) is 14.9 Å². The Balaban J connectivity index is 1.37. The standard InChI is InChI=1S/C21H21N7O3/c1-15-6-7-18(22-14-15)23-19-8-9-20(25-24-19)26-10-12-27(13-11-26)21(29)16-4-2-3-5-17(16)28(30)31/h2-9,14H,10-13H2,1H3,(H,22,23,24). The fourth-order valence-electron chi connectivity index (χ4n) is 3.36. The van der Waals surface area contributed by atoms with Crippen LogP contribution in [0.1, 0.15) is 15.9 Å². The molecule has 1 aliphatic rings. The van der Waals surface area contributed by atoms with E-state index < -0.39 is 4.92 Å². The van der Waals surface area contributed by atoms with Gasteiger partial charge in [-0.3, -0.25) is 14.9 Å². The van der Waals surface area contributed by atoms with Gasteiger partial charge in [-0.25, -0.2) is 4.98 Å². The Bertz CT molecular complexity index is 1080. The number of rotatable bonds is 5. The lowest BCUT2D eigenvalue weighted by Gasteiger charge is -2.35. The zero-order chi connectivity index (χ0) is 21.8. The minimum atomic E-state index is -0.527.